The fraction of sp³-hybridized carbons (Fsp3) is 0.276. The topological polar surface area (TPSA) is 46.5 Å². The van der Waals surface area contributed by atoms with Gasteiger partial charge in [0.25, 0.3) is 0 Å². The number of methoxy groups -OCH3 is 1. The Kier molecular flexibility index (Phi) is 5.80. The van der Waals surface area contributed by atoms with Crippen molar-refractivity contribution in [1.29, 1.82) is 0 Å². The standard InChI is InChI=1S/C29H28FN3O2S/c1-18-9-12-20(16-24(18)30)31-29(34)33-17-23-22-6-3-4-8-26(22)36-28(23)32-15-5-7-25(32)27(33)19-10-13-21(35-2)14-11-19/h5,7,9-16,27H,3-4,6,8,17H2,1-2H3,(H,31,34)/t27-/m1/s1. The number of halogens is 1. The summed E-state index contributed by atoms with van der Waals surface area (Å²) in [5.41, 5.74) is 5.65. The molecule has 2 aliphatic rings. The van der Waals surface area contributed by atoms with Crippen molar-refractivity contribution >= 4 is 23.1 Å². The molecule has 3 heterocycles. The lowest BCUT2D eigenvalue weighted by atomic mass is 9.95. The number of nitrogens with zero attached hydrogens (tertiary/aromatic N) is 2. The SMILES string of the molecule is COc1ccc([C@@H]2c3cccn3-c3sc4c(c3CN2C(=O)Nc2ccc(C)c(F)c2)CCCC4)cc1. The van der Waals surface area contributed by atoms with Crippen molar-refractivity contribution < 1.29 is 13.9 Å². The van der Waals surface area contributed by atoms with E-state index in [0.29, 0.717) is 17.8 Å². The molecule has 2 amide bonds. The summed E-state index contributed by atoms with van der Waals surface area (Å²) in [5.74, 6) is 0.431. The molecule has 0 saturated heterocycles. The third-order valence-electron chi connectivity index (χ3n) is 7.29. The number of carbonyl (C=O) groups excluding carboxylic acids is 1. The van der Waals surface area contributed by atoms with Crippen LogP contribution in [0.25, 0.3) is 5.00 Å². The van der Waals surface area contributed by atoms with Gasteiger partial charge < -0.3 is 19.5 Å². The Morgan fingerprint density at radius 3 is 2.67 bits per heavy atom. The quantitative estimate of drug-likeness (QED) is 0.328. The van der Waals surface area contributed by atoms with Crippen molar-refractivity contribution in [2.75, 3.05) is 12.4 Å². The summed E-state index contributed by atoms with van der Waals surface area (Å²) in [4.78, 5) is 17.2. The predicted molar refractivity (Wildman–Crippen MR) is 141 cm³/mol. The van der Waals surface area contributed by atoms with Crippen molar-refractivity contribution in [3.05, 3.63) is 99.4 Å². The minimum atomic E-state index is -0.335. The van der Waals surface area contributed by atoms with E-state index in [4.69, 9.17) is 4.74 Å². The number of amides is 2. The fourth-order valence-electron chi connectivity index (χ4n) is 5.39. The molecule has 6 rings (SSSR count). The first kappa shape index (κ1) is 22.9. The number of anilines is 1. The van der Waals surface area contributed by atoms with Gasteiger partial charge in [-0.05, 0) is 85.7 Å². The Balaban J connectivity index is 1.48. The predicted octanol–water partition coefficient (Wildman–Crippen LogP) is 7.01. The zero-order valence-electron chi connectivity index (χ0n) is 20.4. The van der Waals surface area contributed by atoms with Crippen LogP contribution in [0.15, 0.2) is 60.8 Å². The van der Waals surface area contributed by atoms with Crippen LogP contribution in [0.1, 0.15) is 51.7 Å². The number of hydrogen-bond acceptors (Lipinski definition) is 3. The van der Waals surface area contributed by atoms with E-state index < -0.39 is 0 Å². The number of hydrogen-bond donors (Lipinski definition) is 1. The molecule has 184 valence electrons. The zero-order chi connectivity index (χ0) is 24.8. The zero-order valence-corrected chi connectivity index (χ0v) is 21.2. The molecule has 1 N–H and O–H groups in total. The Morgan fingerprint density at radius 2 is 1.89 bits per heavy atom. The highest BCUT2D eigenvalue weighted by molar-refractivity contribution is 7.15. The molecule has 1 atom stereocenters. The molecule has 2 aromatic heterocycles. The van der Waals surface area contributed by atoms with E-state index in [1.54, 1.807) is 26.2 Å². The van der Waals surface area contributed by atoms with Crippen LogP contribution < -0.4 is 10.1 Å². The van der Waals surface area contributed by atoms with Crippen molar-refractivity contribution in [3.63, 3.8) is 0 Å². The molecule has 0 radical (unpaired) electrons. The normalized spacial score (nSPS) is 16.5. The lowest BCUT2D eigenvalue weighted by molar-refractivity contribution is 0.194. The Hall–Kier alpha value is -3.58. The van der Waals surface area contributed by atoms with Crippen LogP contribution in [-0.4, -0.2) is 22.6 Å². The van der Waals surface area contributed by atoms with Gasteiger partial charge in [0.1, 0.15) is 16.6 Å². The average molecular weight is 502 g/mol. The van der Waals surface area contributed by atoms with Gasteiger partial charge in [-0.25, -0.2) is 9.18 Å². The maximum Gasteiger partial charge on any atom is 0.322 e. The maximum absolute atomic E-state index is 14.3. The molecule has 0 spiro atoms. The van der Waals surface area contributed by atoms with Crippen LogP contribution in [-0.2, 0) is 19.4 Å². The number of benzene rings is 2. The molecule has 2 aromatic carbocycles. The molecule has 0 saturated carbocycles. The van der Waals surface area contributed by atoms with E-state index in [-0.39, 0.29) is 17.9 Å². The van der Waals surface area contributed by atoms with Crippen LogP contribution in [0.4, 0.5) is 14.9 Å². The molecule has 7 heteroatoms. The molecule has 0 unspecified atom stereocenters. The number of urea groups is 1. The number of carbonyl (C=O) groups is 1. The van der Waals surface area contributed by atoms with Gasteiger partial charge in [-0.3, -0.25) is 0 Å². The van der Waals surface area contributed by atoms with Gasteiger partial charge in [-0.1, -0.05) is 18.2 Å². The number of rotatable bonds is 3. The van der Waals surface area contributed by atoms with Crippen molar-refractivity contribution in [2.45, 2.75) is 45.2 Å². The monoisotopic (exact) mass is 501 g/mol. The molecule has 4 aromatic rings. The van der Waals surface area contributed by atoms with E-state index in [1.165, 1.54) is 39.9 Å². The number of aromatic nitrogens is 1. The number of nitrogens with one attached hydrogen (secondary N) is 1. The van der Waals surface area contributed by atoms with E-state index in [2.05, 4.69) is 22.1 Å². The van der Waals surface area contributed by atoms with Gasteiger partial charge in [0.2, 0.25) is 0 Å². The van der Waals surface area contributed by atoms with Crippen LogP contribution in [0.2, 0.25) is 0 Å². The summed E-state index contributed by atoms with van der Waals surface area (Å²) in [7, 11) is 1.65. The first-order valence-electron chi connectivity index (χ1n) is 12.3. The van der Waals surface area contributed by atoms with Gasteiger partial charge in [-0.15, -0.1) is 11.3 Å². The minimum Gasteiger partial charge on any atom is -0.497 e. The van der Waals surface area contributed by atoms with Crippen molar-refractivity contribution in [1.82, 2.24) is 9.47 Å². The van der Waals surface area contributed by atoms with Gasteiger partial charge >= 0.3 is 6.03 Å². The number of ether oxygens (including phenoxy) is 1. The van der Waals surface area contributed by atoms with Crippen LogP contribution in [0.3, 0.4) is 0 Å². The third-order valence-corrected chi connectivity index (χ3v) is 8.63. The first-order valence-corrected chi connectivity index (χ1v) is 13.1. The Morgan fingerprint density at radius 1 is 1.08 bits per heavy atom. The molecule has 0 bridgehead atoms. The molecule has 1 aliphatic heterocycles. The lowest BCUT2D eigenvalue weighted by Gasteiger charge is -2.31. The molecule has 0 fully saturated rings. The molecule has 5 nitrogen and oxygen atoms in total. The average Bonchev–Trinajstić information content (AvgIpc) is 3.48. The summed E-state index contributed by atoms with van der Waals surface area (Å²) in [6.45, 7) is 2.20. The first-order chi connectivity index (χ1) is 17.5. The van der Waals surface area contributed by atoms with Gasteiger partial charge in [0.05, 0.1) is 25.4 Å². The van der Waals surface area contributed by atoms with Gasteiger partial charge in [0.15, 0.2) is 0 Å². The van der Waals surface area contributed by atoms with E-state index in [1.807, 2.05) is 46.6 Å². The van der Waals surface area contributed by atoms with E-state index >= 15 is 0 Å². The third kappa shape index (κ3) is 3.88. The van der Waals surface area contributed by atoms with E-state index in [0.717, 1.165) is 29.8 Å². The highest BCUT2D eigenvalue weighted by Crippen LogP contribution is 2.44. The molecule has 1 aliphatic carbocycles. The van der Waals surface area contributed by atoms with Crippen molar-refractivity contribution in [2.24, 2.45) is 0 Å². The summed E-state index contributed by atoms with van der Waals surface area (Å²) in [5, 5.41) is 4.18. The molecular formula is C29H28FN3O2S. The number of thiophene rings is 1. The second kappa shape index (κ2) is 9.13. The Labute approximate surface area is 214 Å². The van der Waals surface area contributed by atoms with Gasteiger partial charge in [-0.2, -0.15) is 0 Å². The lowest BCUT2D eigenvalue weighted by Crippen LogP contribution is -2.38. The summed E-state index contributed by atoms with van der Waals surface area (Å²) in [6.07, 6.45) is 6.63. The van der Waals surface area contributed by atoms with Crippen LogP contribution in [0.5, 0.6) is 5.75 Å². The molecule has 36 heavy (non-hydrogen) atoms. The summed E-state index contributed by atoms with van der Waals surface area (Å²) < 4.78 is 21.9. The van der Waals surface area contributed by atoms with E-state index in [9.17, 15) is 9.18 Å². The van der Waals surface area contributed by atoms with Crippen LogP contribution >= 0.6 is 11.3 Å². The number of fused-ring (bicyclic) bond motifs is 5. The summed E-state index contributed by atoms with van der Waals surface area (Å²) >= 11 is 1.86. The van der Waals surface area contributed by atoms with Crippen LogP contribution in [0, 0.1) is 12.7 Å². The maximum atomic E-state index is 14.3. The second-order valence-electron chi connectivity index (χ2n) is 9.50. The smallest absolute Gasteiger partial charge is 0.322 e. The van der Waals surface area contributed by atoms with Crippen molar-refractivity contribution in [3.8, 4) is 10.8 Å². The fourth-order valence-corrected chi connectivity index (χ4v) is 6.79. The largest absolute Gasteiger partial charge is 0.497 e. The molecular weight excluding hydrogens is 473 g/mol. The second-order valence-corrected chi connectivity index (χ2v) is 10.6. The highest BCUT2D eigenvalue weighted by Gasteiger charge is 2.36. The summed E-state index contributed by atoms with van der Waals surface area (Å²) in [6, 6.07) is 16.3. The Bertz CT molecular complexity index is 1440. The number of aryl methyl sites for hydroxylation is 2. The highest BCUT2D eigenvalue weighted by atomic mass is 32.1. The van der Waals surface area contributed by atoms with Gasteiger partial charge in [0, 0.05) is 22.3 Å². The minimum absolute atomic E-state index is 0.254.